The summed E-state index contributed by atoms with van der Waals surface area (Å²) in [5, 5.41) is 2.53. The van der Waals surface area contributed by atoms with Gasteiger partial charge >= 0.3 is 0 Å². The molecule has 0 aliphatic carbocycles. The molecule has 2 unspecified atom stereocenters. The first kappa shape index (κ1) is 54.6. The first-order valence-corrected chi connectivity index (χ1v) is 23.8. The van der Waals surface area contributed by atoms with E-state index in [1.165, 1.54) is 4.90 Å². The second-order valence-electron chi connectivity index (χ2n) is 19.0. The number of unbranched alkanes of at least 4 members (excludes halogenated alkanes) is 6. The van der Waals surface area contributed by atoms with Gasteiger partial charge in [0, 0.05) is 72.2 Å². The zero-order valence-electron chi connectivity index (χ0n) is 38.6. The lowest BCUT2D eigenvalue weighted by atomic mass is 9.82. The second kappa shape index (κ2) is 28.3. The molecule has 13 heteroatoms. The highest BCUT2D eigenvalue weighted by Crippen LogP contribution is 2.32. The van der Waals surface area contributed by atoms with Crippen LogP contribution in [0.2, 0.25) is 0 Å². The number of thiol groups is 1. The fourth-order valence-electron chi connectivity index (χ4n) is 6.71. The molecule has 0 aromatic heterocycles. The molecule has 1 rings (SSSR count). The maximum absolute atomic E-state index is 13.0. The van der Waals surface area contributed by atoms with Gasteiger partial charge in [-0.1, -0.05) is 46.5 Å². The van der Waals surface area contributed by atoms with Crippen LogP contribution in [0.25, 0.3) is 0 Å². The summed E-state index contributed by atoms with van der Waals surface area (Å²) in [6.45, 7) is 22.5. The van der Waals surface area contributed by atoms with Crippen LogP contribution < -0.4 is 5.32 Å². The Bertz CT molecular complexity index is 1190. The number of thioether (sulfide) groups is 1. The molecule has 1 saturated heterocycles. The first-order valence-electron chi connectivity index (χ1n) is 22.1. The van der Waals surface area contributed by atoms with Crippen LogP contribution in [0.3, 0.4) is 0 Å². The molecule has 4 amide bonds. The van der Waals surface area contributed by atoms with E-state index in [1.54, 1.807) is 26.0 Å². The van der Waals surface area contributed by atoms with E-state index in [0.717, 1.165) is 95.2 Å². The van der Waals surface area contributed by atoms with Crippen molar-refractivity contribution in [1.29, 1.82) is 0 Å². The normalized spacial score (nSPS) is 16.0. The van der Waals surface area contributed by atoms with Crippen LogP contribution >= 0.6 is 24.4 Å². The number of hydrogen-bond donors (Lipinski definition) is 2. The molecule has 1 aliphatic rings. The lowest BCUT2D eigenvalue weighted by Gasteiger charge is -2.40. The molecule has 1 aliphatic heterocycles. The zero-order valence-corrected chi connectivity index (χ0v) is 40.4. The molecule has 0 aromatic rings. The summed E-state index contributed by atoms with van der Waals surface area (Å²) in [5.74, 6) is 1.48. The van der Waals surface area contributed by atoms with Gasteiger partial charge in [0.05, 0.1) is 35.3 Å². The molecule has 58 heavy (non-hydrogen) atoms. The number of carbonyl (C=O) groups excluding carboxylic acids is 4. The van der Waals surface area contributed by atoms with Crippen LogP contribution in [0.5, 0.6) is 0 Å². The fraction of sp³-hybridized carbons (Fsp3) is 0.911. The van der Waals surface area contributed by atoms with Crippen LogP contribution in [0, 0.1) is 11.3 Å². The van der Waals surface area contributed by atoms with Crippen molar-refractivity contribution in [2.75, 3.05) is 71.7 Å². The third-order valence-electron chi connectivity index (χ3n) is 11.1. The second-order valence-corrected chi connectivity index (χ2v) is 20.8. The van der Waals surface area contributed by atoms with E-state index < -0.39 is 11.2 Å². The molecule has 340 valence electrons. The third-order valence-corrected chi connectivity index (χ3v) is 12.7. The van der Waals surface area contributed by atoms with Crippen molar-refractivity contribution in [3.05, 3.63) is 0 Å². The van der Waals surface area contributed by atoms with Crippen molar-refractivity contribution >= 4 is 48.0 Å². The Labute approximate surface area is 363 Å². The Morgan fingerprint density at radius 3 is 2.07 bits per heavy atom. The third kappa shape index (κ3) is 24.2. The lowest BCUT2D eigenvalue weighted by Crippen LogP contribution is -2.45. The topological polar surface area (TPSA) is 124 Å². The van der Waals surface area contributed by atoms with Crippen molar-refractivity contribution in [2.24, 2.45) is 11.3 Å². The maximum atomic E-state index is 13.0. The molecule has 0 spiro atoms. The summed E-state index contributed by atoms with van der Waals surface area (Å²) < 4.78 is 23.7. The van der Waals surface area contributed by atoms with Crippen molar-refractivity contribution in [3.63, 3.8) is 0 Å². The molecule has 0 saturated carbocycles. The van der Waals surface area contributed by atoms with Crippen LogP contribution in [0.4, 0.5) is 0 Å². The summed E-state index contributed by atoms with van der Waals surface area (Å²) >= 11 is 5.86. The van der Waals surface area contributed by atoms with E-state index in [-0.39, 0.29) is 65.2 Å². The van der Waals surface area contributed by atoms with E-state index in [0.29, 0.717) is 39.2 Å². The monoisotopic (exact) mass is 860 g/mol. The molecule has 2 atom stereocenters. The number of likely N-dealkylation sites (tertiary alicyclic amines) is 1. The highest BCUT2D eigenvalue weighted by molar-refractivity contribution is 8.00. The average molecular weight is 860 g/mol. The number of ether oxygens (including phenoxy) is 4. The van der Waals surface area contributed by atoms with Gasteiger partial charge in [0.1, 0.15) is 0 Å². The van der Waals surface area contributed by atoms with Crippen molar-refractivity contribution in [2.45, 2.75) is 181 Å². The Hall–Kier alpha value is -1.38. The van der Waals surface area contributed by atoms with Gasteiger partial charge in [-0.2, -0.15) is 12.6 Å². The van der Waals surface area contributed by atoms with Gasteiger partial charge in [0.15, 0.2) is 0 Å². The number of amides is 4. The molecule has 11 nitrogen and oxygen atoms in total. The largest absolute Gasteiger partial charge is 0.381 e. The fourth-order valence-corrected chi connectivity index (χ4v) is 8.12. The molecule has 0 bridgehead atoms. The van der Waals surface area contributed by atoms with Gasteiger partial charge in [-0.3, -0.25) is 24.1 Å². The molecule has 1 fully saturated rings. The number of rotatable bonds is 34. The Kier molecular flexibility index (Phi) is 26.6. The molecular formula is C45H85N3O8S2. The van der Waals surface area contributed by atoms with Gasteiger partial charge in [0.25, 0.3) is 0 Å². The van der Waals surface area contributed by atoms with Crippen molar-refractivity contribution in [1.82, 2.24) is 15.1 Å². The molecular weight excluding hydrogens is 775 g/mol. The SMILES string of the molecule is COC(C)(C)COC(C)(C)C(COCCCNC(=O)CCN1C(=O)CC(SCCCCCCN(CCCCCCS)C(=O)CCCC(C)(C)C)C1=O)CC(C)(C)OC. The summed E-state index contributed by atoms with van der Waals surface area (Å²) in [7, 11) is 3.39. The summed E-state index contributed by atoms with van der Waals surface area (Å²) in [5.41, 5.74) is -0.991. The Balaban J connectivity index is 2.38. The van der Waals surface area contributed by atoms with Crippen LogP contribution in [-0.4, -0.2) is 127 Å². The van der Waals surface area contributed by atoms with Crippen LogP contribution in [0.15, 0.2) is 0 Å². The van der Waals surface area contributed by atoms with Gasteiger partial charge in [-0.25, -0.2) is 0 Å². The summed E-state index contributed by atoms with van der Waals surface area (Å²) in [6, 6.07) is 0. The predicted molar refractivity (Wildman–Crippen MR) is 242 cm³/mol. The van der Waals surface area contributed by atoms with E-state index in [1.807, 2.05) is 13.8 Å². The van der Waals surface area contributed by atoms with Crippen LogP contribution in [0.1, 0.15) is 159 Å². The number of imide groups is 1. The minimum atomic E-state index is -0.481. The molecule has 1 heterocycles. The minimum absolute atomic E-state index is 0.0581. The van der Waals surface area contributed by atoms with E-state index in [4.69, 9.17) is 18.9 Å². The van der Waals surface area contributed by atoms with Gasteiger partial charge in [-0.15, -0.1) is 11.8 Å². The van der Waals surface area contributed by atoms with E-state index in [2.05, 4.69) is 71.3 Å². The van der Waals surface area contributed by atoms with E-state index >= 15 is 0 Å². The number of nitrogens with one attached hydrogen (secondary N) is 1. The van der Waals surface area contributed by atoms with Crippen molar-refractivity contribution in [3.8, 4) is 0 Å². The molecule has 1 N–H and O–H groups in total. The number of methoxy groups -OCH3 is 2. The van der Waals surface area contributed by atoms with Gasteiger partial charge in [-0.05, 0) is 110 Å². The highest BCUT2D eigenvalue weighted by Gasteiger charge is 2.39. The lowest BCUT2D eigenvalue weighted by molar-refractivity contribution is -0.149. The quantitative estimate of drug-likeness (QED) is 0.0373. The average Bonchev–Trinajstić information content (AvgIpc) is 3.42. The Morgan fingerprint density at radius 1 is 0.845 bits per heavy atom. The summed E-state index contributed by atoms with van der Waals surface area (Å²) in [6.07, 6.45) is 12.7. The number of carbonyl (C=O) groups is 4. The summed E-state index contributed by atoms with van der Waals surface area (Å²) in [4.78, 5) is 54.7. The minimum Gasteiger partial charge on any atom is -0.381 e. The predicted octanol–water partition coefficient (Wildman–Crippen LogP) is 8.51. The van der Waals surface area contributed by atoms with Crippen molar-refractivity contribution < 1.29 is 38.1 Å². The number of nitrogens with zero attached hydrogens (tertiary/aromatic N) is 2. The molecule has 0 aromatic carbocycles. The molecule has 0 radical (unpaired) electrons. The number of hydrogen-bond acceptors (Lipinski definition) is 10. The Morgan fingerprint density at radius 2 is 1.47 bits per heavy atom. The smallest absolute Gasteiger partial charge is 0.242 e. The van der Waals surface area contributed by atoms with Gasteiger partial charge in [0.2, 0.25) is 23.6 Å². The highest BCUT2D eigenvalue weighted by atomic mass is 32.2. The van der Waals surface area contributed by atoms with Crippen LogP contribution in [-0.2, 0) is 38.1 Å². The first-order chi connectivity index (χ1) is 27.2. The maximum Gasteiger partial charge on any atom is 0.242 e. The zero-order chi connectivity index (χ0) is 43.8. The van der Waals surface area contributed by atoms with Gasteiger partial charge < -0.3 is 29.2 Å². The standard InChI is InChI=1S/C45H85N3O8S2/c1-42(2,3)24-20-22-39(50)47(26-16-12-14-18-30-57)27-17-13-15-19-31-58-37-32-40(51)48(41(37)52)28-23-38(49)46-25-21-29-55-34-36(33-43(4,5)53-10)45(8,9)56-35-44(6,7)54-11/h36-37,57H,12-35H2,1-11H3,(H,46,49). The van der Waals surface area contributed by atoms with E-state index in [9.17, 15) is 19.2 Å².